The van der Waals surface area contributed by atoms with Crippen molar-refractivity contribution in [2.24, 2.45) is 5.92 Å². The summed E-state index contributed by atoms with van der Waals surface area (Å²) in [6.45, 7) is 2.86. The maximum Gasteiger partial charge on any atom is 0.225 e. The SMILES string of the molecule is CC(=O)N1Cc2ccccc2OC2(CCC(N(C)C(=O)C3CC=CCC3)CC2)C1. The van der Waals surface area contributed by atoms with Gasteiger partial charge in [-0.2, -0.15) is 0 Å². The number of hydrogen-bond acceptors (Lipinski definition) is 3. The molecular weight excluding hydrogens is 364 g/mol. The molecule has 1 aromatic carbocycles. The Morgan fingerprint density at radius 3 is 2.59 bits per heavy atom. The molecule has 1 aromatic rings. The third-order valence-corrected chi connectivity index (χ3v) is 6.96. The number of ether oxygens (including phenoxy) is 1. The standard InChI is InChI=1S/C24H32N2O3/c1-18(27)26-16-20-10-6-7-11-22(20)29-24(17-26)14-12-21(13-15-24)25(2)23(28)19-8-4-3-5-9-19/h3-4,6-7,10-11,19,21H,5,8-9,12-17H2,1-2H3. The molecule has 0 saturated heterocycles. The molecule has 2 aliphatic carbocycles. The molecule has 0 aromatic heterocycles. The molecule has 1 saturated carbocycles. The van der Waals surface area contributed by atoms with Crippen LogP contribution in [0.5, 0.6) is 5.75 Å². The molecule has 1 aliphatic heterocycles. The van der Waals surface area contributed by atoms with Gasteiger partial charge in [0.15, 0.2) is 0 Å². The van der Waals surface area contributed by atoms with Crippen molar-refractivity contribution in [2.45, 2.75) is 70.1 Å². The number of benzene rings is 1. The summed E-state index contributed by atoms with van der Waals surface area (Å²) in [6.07, 6.45) is 10.7. The first-order chi connectivity index (χ1) is 14.0. The third-order valence-electron chi connectivity index (χ3n) is 6.96. The lowest BCUT2D eigenvalue weighted by atomic mass is 9.80. The molecule has 5 nitrogen and oxygen atoms in total. The Morgan fingerprint density at radius 2 is 1.90 bits per heavy atom. The van der Waals surface area contributed by atoms with E-state index in [-0.39, 0.29) is 29.4 Å². The van der Waals surface area contributed by atoms with Crippen molar-refractivity contribution in [3.05, 3.63) is 42.0 Å². The Balaban J connectivity index is 1.46. The molecule has 156 valence electrons. The van der Waals surface area contributed by atoms with E-state index < -0.39 is 0 Å². The van der Waals surface area contributed by atoms with E-state index in [1.54, 1.807) is 6.92 Å². The van der Waals surface area contributed by atoms with Crippen LogP contribution in [0.15, 0.2) is 36.4 Å². The molecule has 0 radical (unpaired) electrons. The molecule has 3 aliphatic rings. The Hall–Kier alpha value is -2.30. The number of hydrogen-bond donors (Lipinski definition) is 0. The van der Waals surface area contributed by atoms with Crippen molar-refractivity contribution >= 4 is 11.8 Å². The Morgan fingerprint density at radius 1 is 1.14 bits per heavy atom. The zero-order valence-electron chi connectivity index (χ0n) is 17.6. The summed E-state index contributed by atoms with van der Waals surface area (Å²) >= 11 is 0. The van der Waals surface area contributed by atoms with E-state index in [4.69, 9.17) is 4.74 Å². The van der Waals surface area contributed by atoms with Gasteiger partial charge >= 0.3 is 0 Å². The van der Waals surface area contributed by atoms with Crippen LogP contribution in [0.4, 0.5) is 0 Å². The van der Waals surface area contributed by atoms with E-state index in [1.807, 2.05) is 41.1 Å². The Kier molecular flexibility index (Phi) is 5.66. The van der Waals surface area contributed by atoms with Crippen LogP contribution in [0, 0.1) is 5.92 Å². The summed E-state index contributed by atoms with van der Waals surface area (Å²) in [7, 11) is 1.97. The highest BCUT2D eigenvalue weighted by Gasteiger charge is 2.43. The van der Waals surface area contributed by atoms with Gasteiger partial charge in [0.2, 0.25) is 11.8 Å². The van der Waals surface area contributed by atoms with Crippen molar-refractivity contribution in [1.82, 2.24) is 9.80 Å². The van der Waals surface area contributed by atoms with Gasteiger partial charge < -0.3 is 14.5 Å². The predicted molar refractivity (Wildman–Crippen MR) is 112 cm³/mol. The molecular formula is C24H32N2O3. The number of allylic oxidation sites excluding steroid dienone is 2. The van der Waals surface area contributed by atoms with Crippen molar-refractivity contribution in [2.75, 3.05) is 13.6 Å². The van der Waals surface area contributed by atoms with Gasteiger partial charge in [-0.15, -0.1) is 0 Å². The first-order valence-corrected chi connectivity index (χ1v) is 10.9. The lowest BCUT2D eigenvalue weighted by molar-refractivity contribution is -0.138. The highest BCUT2D eigenvalue weighted by atomic mass is 16.5. The van der Waals surface area contributed by atoms with Gasteiger partial charge in [-0.05, 0) is 51.0 Å². The van der Waals surface area contributed by atoms with Crippen molar-refractivity contribution in [3.63, 3.8) is 0 Å². The minimum Gasteiger partial charge on any atom is -0.485 e. The van der Waals surface area contributed by atoms with Crippen LogP contribution in [0.2, 0.25) is 0 Å². The first-order valence-electron chi connectivity index (χ1n) is 10.9. The molecule has 29 heavy (non-hydrogen) atoms. The fourth-order valence-corrected chi connectivity index (χ4v) is 5.09. The summed E-state index contributed by atoms with van der Waals surface area (Å²) in [6, 6.07) is 8.30. The zero-order chi connectivity index (χ0) is 20.4. The largest absolute Gasteiger partial charge is 0.485 e. The number of carbonyl (C=O) groups excluding carboxylic acids is 2. The molecule has 0 bridgehead atoms. The van der Waals surface area contributed by atoms with E-state index in [0.717, 1.165) is 56.3 Å². The summed E-state index contributed by atoms with van der Waals surface area (Å²) in [5, 5.41) is 0. The minimum absolute atomic E-state index is 0.0875. The van der Waals surface area contributed by atoms with Crippen LogP contribution in [-0.2, 0) is 16.1 Å². The zero-order valence-corrected chi connectivity index (χ0v) is 17.6. The number of para-hydroxylation sites is 1. The summed E-state index contributed by atoms with van der Waals surface area (Å²) < 4.78 is 6.56. The van der Waals surface area contributed by atoms with E-state index in [1.165, 1.54) is 0 Å². The van der Waals surface area contributed by atoms with E-state index >= 15 is 0 Å². The fraction of sp³-hybridized carbons (Fsp3) is 0.583. The summed E-state index contributed by atoms with van der Waals surface area (Å²) in [5.41, 5.74) is 0.714. The molecule has 4 rings (SSSR count). The van der Waals surface area contributed by atoms with Gasteiger partial charge in [-0.1, -0.05) is 30.4 Å². The average molecular weight is 397 g/mol. The highest BCUT2D eigenvalue weighted by molar-refractivity contribution is 5.79. The van der Waals surface area contributed by atoms with Crippen molar-refractivity contribution < 1.29 is 14.3 Å². The molecule has 1 unspecified atom stereocenters. The van der Waals surface area contributed by atoms with Crippen LogP contribution in [0.25, 0.3) is 0 Å². The maximum atomic E-state index is 12.9. The monoisotopic (exact) mass is 396 g/mol. The maximum absolute atomic E-state index is 12.9. The average Bonchev–Trinajstić information content (AvgIpc) is 2.90. The number of nitrogens with zero attached hydrogens (tertiary/aromatic N) is 2. The predicted octanol–water partition coefficient (Wildman–Crippen LogP) is 3.92. The van der Waals surface area contributed by atoms with Crippen LogP contribution in [0.1, 0.15) is 57.4 Å². The second-order valence-corrected chi connectivity index (χ2v) is 8.93. The third kappa shape index (κ3) is 4.19. The number of fused-ring (bicyclic) bond motifs is 1. The van der Waals surface area contributed by atoms with Crippen molar-refractivity contribution in [1.29, 1.82) is 0 Å². The minimum atomic E-state index is -0.355. The molecule has 0 N–H and O–H groups in total. The second kappa shape index (κ2) is 8.21. The van der Waals surface area contributed by atoms with Crippen LogP contribution >= 0.6 is 0 Å². The highest BCUT2D eigenvalue weighted by Crippen LogP contribution is 2.39. The molecule has 1 spiro atoms. The van der Waals surface area contributed by atoms with Gasteiger partial charge in [-0.3, -0.25) is 9.59 Å². The van der Waals surface area contributed by atoms with Gasteiger partial charge in [0.05, 0.1) is 6.54 Å². The number of amides is 2. The lowest BCUT2D eigenvalue weighted by Crippen LogP contribution is -2.52. The number of carbonyl (C=O) groups is 2. The first kappa shape index (κ1) is 20.0. The molecule has 1 heterocycles. The Bertz CT molecular complexity index is 795. The van der Waals surface area contributed by atoms with E-state index in [9.17, 15) is 9.59 Å². The Labute approximate surface area is 173 Å². The molecule has 1 atom stereocenters. The van der Waals surface area contributed by atoms with Crippen LogP contribution < -0.4 is 4.74 Å². The van der Waals surface area contributed by atoms with Crippen molar-refractivity contribution in [3.8, 4) is 5.75 Å². The second-order valence-electron chi connectivity index (χ2n) is 8.93. The van der Waals surface area contributed by atoms with Crippen LogP contribution in [-0.4, -0.2) is 46.8 Å². The van der Waals surface area contributed by atoms with Crippen LogP contribution in [0.3, 0.4) is 0 Å². The van der Waals surface area contributed by atoms with Gasteiger partial charge in [0, 0.05) is 38.0 Å². The normalized spacial score (nSPS) is 29.0. The van der Waals surface area contributed by atoms with Gasteiger partial charge in [0.25, 0.3) is 0 Å². The summed E-state index contributed by atoms with van der Waals surface area (Å²) in [4.78, 5) is 29.1. The fourth-order valence-electron chi connectivity index (χ4n) is 5.09. The van der Waals surface area contributed by atoms with E-state index in [2.05, 4.69) is 12.2 Å². The van der Waals surface area contributed by atoms with E-state index in [0.29, 0.717) is 13.1 Å². The molecule has 2 amide bonds. The smallest absolute Gasteiger partial charge is 0.225 e. The molecule has 5 heteroatoms. The number of rotatable bonds is 2. The quantitative estimate of drug-likeness (QED) is 0.712. The lowest BCUT2D eigenvalue weighted by Gasteiger charge is -2.44. The summed E-state index contributed by atoms with van der Waals surface area (Å²) in [5.74, 6) is 1.40. The van der Waals surface area contributed by atoms with Gasteiger partial charge in [-0.25, -0.2) is 0 Å². The van der Waals surface area contributed by atoms with Gasteiger partial charge in [0.1, 0.15) is 11.4 Å². The molecule has 1 fully saturated rings. The topological polar surface area (TPSA) is 49.9 Å².